The Bertz CT molecular complexity index is 2630. The molecule has 8 bridgehead atoms. The molecule has 4 unspecified atom stereocenters. The molecule has 4 amide bonds. The molecule has 4 atom stereocenters. The molecule has 2 heterocycles. The molecule has 0 saturated heterocycles. The van der Waals surface area contributed by atoms with Gasteiger partial charge in [0.1, 0.15) is 36.1 Å². The number of aryl methyl sites for hydroxylation is 2. The molecule has 0 radical (unpaired) electrons. The van der Waals surface area contributed by atoms with Crippen molar-refractivity contribution < 1.29 is 55.5 Å². The van der Waals surface area contributed by atoms with E-state index in [1.165, 1.54) is 19.3 Å². The van der Waals surface area contributed by atoms with Gasteiger partial charge in [0.25, 0.3) is 23.6 Å². The van der Waals surface area contributed by atoms with Crippen molar-refractivity contribution in [1.82, 2.24) is 41.2 Å². The van der Waals surface area contributed by atoms with Crippen LogP contribution >= 0.6 is 0 Å². The minimum Gasteiger partial charge on any atom is -1.00 e. The summed E-state index contributed by atoms with van der Waals surface area (Å²) >= 11 is 0. The van der Waals surface area contributed by atoms with Crippen molar-refractivity contribution in [3.05, 3.63) is 115 Å². The quantitative estimate of drug-likeness (QED) is 0.0908. The van der Waals surface area contributed by atoms with E-state index in [-0.39, 0.29) is 112 Å². The average molecular weight is 1060 g/mol. The van der Waals surface area contributed by atoms with E-state index in [9.17, 15) is 29.1 Å². The van der Waals surface area contributed by atoms with Gasteiger partial charge in [0, 0.05) is 45.7 Å². The number of benzene rings is 2. The summed E-state index contributed by atoms with van der Waals surface area (Å²) in [5.74, 6) is 2.18. The van der Waals surface area contributed by atoms with E-state index in [0.717, 1.165) is 70.6 Å². The van der Waals surface area contributed by atoms with Gasteiger partial charge in [-0.15, -0.1) is 0 Å². The summed E-state index contributed by atoms with van der Waals surface area (Å²) in [5, 5.41) is 23.2. The van der Waals surface area contributed by atoms with Crippen LogP contribution in [0.1, 0.15) is 151 Å². The third kappa shape index (κ3) is 13.2. The first-order valence-corrected chi connectivity index (χ1v) is 24.3. The van der Waals surface area contributed by atoms with E-state index in [4.69, 9.17) is 9.47 Å². The van der Waals surface area contributed by atoms with Crippen LogP contribution in [0.2, 0.25) is 0 Å². The van der Waals surface area contributed by atoms with Gasteiger partial charge in [0.15, 0.2) is 5.78 Å². The largest absolute Gasteiger partial charge is 2.00 e. The van der Waals surface area contributed by atoms with Gasteiger partial charge in [-0.3, -0.25) is 33.9 Å². The van der Waals surface area contributed by atoms with E-state index < -0.39 is 5.60 Å². The third-order valence-corrected chi connectivity index (χ3v) is 14.8. The number of aliphatic hydroxyl groups is 1. The zero-order chi connectivity index (χ0) is 48.8. The van der Waals surface area contributed by atoms with E-state index in [1.807, 2.05) is 13.8 Å². The molecule has 0 spiro atoms. The maximum atomic E-state index is 13.3. The Morgan fingerprint density at radius 2 is 0.972 bits per heavy atom. The summed E-state index contributed by atoms with van der Waals surface area (Å²) in [5.41, 5.74) is 0.797. The normalized spacial score (nSPS) is 27.8. The molecule has 5 N–H and O–H groups in total. The number of ether oxygens (including phenoxy) is 2. The van der Waals surface area contributed by atoms with Gasteiger partial charge in [0.05, 0.1) is 29.4 Å². The van der Waals surface area contributed by atoms with Gasteiger partial charge < -0.3 is 60.3 Å². The van der Waals surface area contributed by atoms with Crippen molar-refractivity contribution in [3.8, 4) is 11.5 Å². The molecular weight excluding hydrogens is 993 g/mol. The van der Waals surface area contributed by atoms with Crippen LogP contribution in [0.25, 0.3) is 0 Å². The Balaban J connectivity index is 0.000000226. The standard InChI is InChI=1S/C27H34N4O4.C26H30N4O4.CH3.BrH.Mg/c1-17-13-28-14-22(29-17)24(33)31-27-11-18-7-19(12-27)10-26(9-18,15-27)30-23(32)20-5-4-6-21(8-20)35-16-25(2,3)34;1-16-12-27-13-22(28-16)24(33)30-26-10-18-6-19(11-26)9-25(8-18,15-26)29-23(32)20-4-3-5-21(7-20)34-14-17(2)31;;;/h4-6,8,13-14,18-19,34H,7,9-12,15-16H2,1-3H3,(H,30,32)(H,31,33);3-5,7,12-13,18-19H,6,8-11,14-15H2,1-2H3,(H,29,32)(H,30,33);1H3;1H;/q;;-1;;+2/p-1. The molecule has 2 aromatic carbocycles. The van der Waals surface area contributed by atoms with Gasteiger partial charge in [-0.05, 0) is 172 Å². The summed E-state index contributed by atoms with van der Waals surface area (Å²) in [6.07, 6.45) is 17.5. The fourth-order valence-corrected chi connectivity index (χ4v) is 13.4. The second kappa shape index (κ2) is 22.2. The molecule has 4 aromatic rings. The fourth-order valence-electron chi connectivity index (χ4n) is 13.4. The van der Waals surface area contributed by atoms with Crippen molar-refractivity contribution in [2.45, 2.75) is 139 Å². The van der Waals surface area contributed by atoms with E-state index >= 15 is 0 Å². The molecule has 16 nitrogen and oxygen atoms in total. The molecule has 2 aromatic heterocycles. The Kier molecular flexibility index (Phi) is 17.3. The van der Waals surface area contributed by atoms with Gasteiger partial charge in [-0.1, -0.05) is 12.1 Å². The molecular formula is C54H67BrMgN8O8. The number of rotatable bonds is 14. The Morgan fingerprint density at radius 3 is 1.32 bits per heavy atom. The zero-order valence-electron chi connectivity index (χ0n) is 42.3. The van der Waals surface area contributed by atoms with Crippen LogP contribution in [0.5, 0.6) is 11.5 Å². The Morgan fingerprint density at radius 1 is 0.611 bits per heavy atom. The number of nitrogens with zero attached hydrogens (tertiary/aromatic N) is 4. The van der Waals surface area contributed by atoms with Crippen LogP contribution < -0.4 is 47.7 Å². The molecule has 18 heteroatoms. The topological polar surface area (TPSA) is 224 Å². The first-order chi connectivity index (χ1) is 32.8. The molecule has 8 aliphatic rings. The SMILES string of the molecule is CC(=O)COc1cccc(C(=O)NC23CC4CC(C2)CC(NC(=O)c2cncc(C)n2)(C4)C3)c1.Cc1cncc(C(=O)NC23CC4CC(CC(NC(=O)c5cccc(OCC(C)(C)O)c5)(C4)C2)C3)n1.[Br-].[CH3-].[Mg+2]. The van der Waals surface area contributed by atoms with Gasteiger partial charge in [0.2, 0.25) is 0 Å². The van der Waals surface area contributed by atoms with Crippen molar-refractivity contribution in [3.63, 3.8) is 0 Å². The predicted octanol–water partition coefficient (Wildman–Crippen LogP) is 3.26. The van der Waals surface area contributed by atoms with Gasteiger partial charge in [-0.2, -0.15) is 0 Å². The fraction of sp³-hybridized carbons (Fsp3) is 0.519. The summed E-state index contributed by atoms with van der Waals surface area (Å²) in [4.78, 5) is 80.8. The predicted molar refractivity (Wildman–Crippen MR) is 267 cm³/mol. The van der Waals surface area contributed by atoms with Crippen molar-refractivity contribution in [2.75, 3.05) is 13.2 Å². The average Bonchev–Trinajstić information content (AvgIpc) is 3.26. The summed E-state index contributed by atoms with van der Waals surface area (Å²) in [7, 11) is 0. The molecule has 380 valence electrons. The number of aromatic nitrogens is 4. The molecule has 72 heavy (non-hydrogen) atoms. The zero-order valence-corrected chi connectivity index (χ0v) is 45.3. The Hall–Kier alpha value is -5.04. The van der Waals surface area contributed by atoms with Crippen LogP contribution in [-0.2, 0) is 4.79 Å². The second-order valence-electron chi connectivity index (χ2n) is 22.1. The maximum absolute atomic E-state index is 13.3. The number of carbonyl (C=O) groups excluding carboxylic acids is 5. The third-order valence-electron chi connectivity index (χ3n) is 14.8. The number of ketones is 1. The molecule has 8 aliphatic carbocycles. The molecule has 12 rings (SSSR count). The van der Waals surface area contributed by atoms with Gasteiger partial charge >= 0.3 is 23.1 Å². The molecule has 0 aliphatic heterocycles. The summed E-state index contributed by atoms with van der Waals surface area (Å²) < 4.78 is 11.2. The minimum atomic E-state index is -0.958. The van der Waals surface area contributed by atoms with E-state index in [1.54, 1.807) is 74.8 Å². The van der Waals surface area contributed by atoms with Gasteiger partial charge in [-0.25, -0.2) is 9.97 Å². The van der Waals surface area contributed by atoms with Crippen molar-refractivity contribution >= 4 is 52.5 Å². The van der Waals surface area contributed by atoms with Crippen LogP contribution in [0.15, 0.2) is 73.3 Å². The number of hydrogen-bond donors (Lipinski definition) is 5. The summed E-state index contributed by atoms with van der Waals surface area (Å²) in [6.45, 7) is 8.57. The smallest absolute Gasteiger partial charge is 1.00 e. The number of halogens is 1. The summed E-state index contributed by atoms with van der Waals surface area (Å²) in [6, 6.07) is 14.0. The number of nitrogens with one attached hydrogen (secondary N) is 4. The Labute approximate surface area is 449 Å². The number of Topliss-reactive ketones (excluding diaryl/α,β-unsaturated/α-hetero) is 1. The minimum absolute atomic E-state index is 0. The number of carbonyl (C=O) groups is 5. The molecule has 8 fully saturated rings. The number of hydrogen-bond acceptors (Lipinski definition) is 12. The van der Waals surface area contributed by atoms with Crippen LogP contribution in [0.4, 0.5) is 0 Å². The monoisotopic (exact) mass is 1060 g/mol. The van der Waals surface area contributed by atoms with Crippen LogP contribution in [-0.4, -0.2) is 118 Å². The van der Waals surface area contributed by atoms with E-state index in [0.29, 0.717) is 75.5 Å². The first kappa shape index (κ1) is 56.3. The maximum Gasteiger partial charge on any atom is 2.00 e. The second-order valence-corrected chi connectivity index (χ2v) is 22.1. The van der Waals surface area contributed by atoms with Crippen molar-refractivity contribution in [1.29, 1.82) is 0 Å². The van der Waals surface area contributed by atoms with E-state index in [2.05, 4.69) is 41.2 Å². The van der Waals surface area contributed by atoms with Crippen LogP contribution in [0.3, 0.4) is 0 Å². The first-order valence-electron chi connectivity index (χ1n) is 24.3. The molecule has 8 saturated carbocycles. The van der Waals surface area contributed by atoms with Crippen molar-refractivity contribution in [2.24, 2.45) is 23.7 Å². The van der Waals surface area contributed by atoms with Crippen LogP contribution in [0, 0.1) is 44.9 Å². The number of amides is 4.